The lowest BCUT2D eigenvalue weighted by Crippen LogP contribution is -2.37. The fourth-order valence-electron chi connectivity index (χ4n) is 1.85. The van der Waals surface area contributed by atoms with Crippen LogP contribution in [0.2, 0.25) is 0 Å². The van der Waals surface area contributed by atoms with Crippen LogP contribution in [0.3, 0.4) is 0 Å². The van der Waals surface area contributed by atoms with Gasteiger partial charge in [-0.05, 0) is 6.92 Å². The van der Waals surface area contributed by atoms with Gasteiger partial charge in [-0.3, -0.25) is 0 Å². The largest absolute Gasteiger partial charge is 0.465 e. The third-order valence-corrected chi connectivity index (χ3v) is 2.98. The first-order valence-electron chi connectivity index (χ1n) is 6.00. The van der Waals surface area contributed by atoms with Crippen molar-refractivity contribution in [3.05, 3.63) is 17.6 Å². The van der Waals surface area contributed by atoms with E-state index in [1.807, 2.05) is 0 Å². The normalized spacial score (nSPS) is 22.3. The fourth-order valence-corrected chi connectivity index (χ4v) is 1.85. The second kappa shape index (κ2) is 5.50. The Hall–Kier alpha value is -1.73. The van der Waals surface area contributed by atoms with Crippen LogP contribution < -0.4 is 5.32 Å². The van der Waals surface area contributed by atoms with Crippen molar-refractivity contribution in [1.29, 1.82) is 0 Å². The number of anilines is 1. The Balaban J connectivity index is 2.14. The molecule has 1 atom stereocenters. The average Bonchev–Trinajstić information content (AvgIpc) is 2.83. The molecule has 7 nitrogen and oxygen atoms in total. The maximum absolute atomic E-state index is 11.6. The van der Waals surface area contributed by atoms with Gasteiger partial charge in [-0.2, -0.15) is 0 Å². The summed E-state index contributed by atoms with van der Waals surface area (Å²) in [7, 11) is 1.30. The number of ether oxygens (including phenoxy) is 2. The average molecular weight is 267 g/mol. The summed E-state index contributed by atoms with van der Waals surface area (Å²) in [6, 6.07) is 0. The molecule has 1 unspecified atom stereocenters. The minimum Gasteiger partial charge on any atom is -0.465 e. The number of aromatic nitrogens is 2. The van der Waals surface area contributed by atoms with Crippen molar-refractivity contribution in [3.8, 4) is 0 Å². The van der Waals surface area contributed by atoms with Gasteiger partial charge in [0.2, 0.25) is 0 Å². The molecule has 104 valence electrons. The Labute approximate surface area is 111 Å². The minimum atomic E-state index is -0.924. The lowest BCUT2D eigenvalue weighted by Gasteiger charge is -2.21. The van der Waals surface area contributed by atoms with E-state index < -0.39 is 11.6 Å². The second-order valence-corrected chi connectivity index (χ2v) is 4.55. The first kappa shape index (κ1) is 13.7. The topological polar surface area (TPSA) is 93.6 Å². The van der Waals surface area contributed by atoms with E-state index in [9.17, 15) is 9.90 Å². The Morgan fingerprint density at radius 1 is 1.68 bits per heavy atom. The van der Waals surface area contributed by atoms with Crippen molar-refractivity contribution < 1.29 is 19.4 Å². The van der Waals surface area contributed by atoms with Gasteiger partial charge in [0.25, 0.3) is 0 Å². The van der Waals surface area contributed by atoms with E-state index in [0.717, 1.165) is 0 Å². The maximum atomic E-state index is 11.6. The molecular formula is C12H17N3O4. The molecule has 7 heteroatoms. The number of rotatable bonds is 4. The molecule has 19 heavy (non-hydrogen) atoms. The molecule has 0 amide bonds. The molecule has 1 aliphatic heterocycles. The monoisotopic (exact) mass is 267 g/mol. The highest BCUT2D eigenvalue weighted by molar-refractivity contribution is 5.94. The zero-order valence-corrected chi connectivity index (χ0v) is 11.0. The summed E-state index contributed by atoms with van der Waals surface area (Å²) in [6.45, 7) is 2.79. The molecule has 0 spiro atoms. The molecule has 0 aromatic carbocycles. The van der Waals surface area contributed by atoms with Gasteiger partial charge in [-0.1, -0.05) is 0 Å². The number of methoxy groups -OCH3 is 1. The Kier molecular flexibility index (Phi) is 3.96. The van der Waals surface area contributed by atoms with Gasteiger partial charge in [-0.15, -0.1) is 0 Å². The van der Waals surface area contributed by atoms with Crippen LogP contribution in [0.5, 0.6) is 0 Å². The van der Waals surface area contributed by atoms with Crippen LogP contribution in [-0.2, 0) is 9.47 Å². The van der Waals surface area contributed by atoms with Crippen LogP contribution >= 0.6 is 0 Å². The zero-order valence-electron chi connectivity index (χ0n) is 11.0. The van der Waals surface area contributed by atoms with Crippen molar-refractivity contribution in [3.63, 3.8) is 0 Å². The zero-order chi connectivity index (χ0) is 13.9. The molecule has 2 N–H and O–H groups in total. The fraction of sp³-hybridized carbons (Fsp3) is 0.583. The van der Waals surface area contributed by atoms with Gasteiger partial charge in [0.05, 0.1) is 13.7 Å². The van der Waals surface area contributed by atoms with Gasteiger partial charge in [-0.25, -0.2) is 14.8 Å². The summed E-state index contributed by atoms with van der Waals surface area (Å²) in [5, 5.41) is 13.1. The number of aliphatic hydroxyl groups is 1. The number of esters is 1. The highest BCUT2D eigenvalue weighted by Gasteiger charge is 2.32. The summed E-state index contributed by atoms with van der Waals surface area (Å²) in [5.41, 5.74) is -0.678. The summed E-state index contributed by atoms with van der Waals surface area (Å²) < 4.78 is 9.82. The molecule has 1 saturated heterocycles. The first-order chi connectivity index (χ1) is 9.04. The lowest BCUT2D eigenvalue weighted by molar-refractivity contribution is 0.0380. The van der Waals surface area contributed by atoms with Gasteiger partial charge < -0.3 is 19.9 Å². The van der Waals surface area contributed by atoms with Crippen molar-refractivity contribution in [2.45, 2.75) is 18.9 Å². The van der Waals surface area contributed by atoms with Crippen LogP contribution in [0.25, 0.3) is 0 Å². The van der Waals surface area contributed by atoms with Gasteiger partial charge in [0.1, 0.15) is 22.8 Å². The Morgan fingerprint density at radius 2 is 2.47 bits per heavy atom. The van der Waals surface area contributed by atoms with Crippen molar-refractivity contribution in [2.24, 2.45) is 0 Å². The number of aryl methyl sites for hydroxylation is 1. The van der Waals surface area contributed by atoms with Crippen LogP contribution in [0.1, 0.15) is 22.6 Å². The number of carbonyl (C=O) groups is 1. The molecule has 0 aliphatic carbocycles. The van der Waals surface area contributed by atoms with E-state index in [-0.39, 0.29) is 18.7 Å². The number of hydrogen-bond acceptors (Lipinski definition) is 7. The quantitative estimate of drug-likeness (QED) is 0.749. The van der Waals surface area contributed by atoms with Crippen molar-refractivity contribution >= 4 is 11.8 Å². The van der Waals surface area contributed by atoms with Crippen molar-refractivity contribution in [2.75, 3.05) is 32.2 Å². The number of carbonyl (C=O) groups excluding carboxylic acids is 1. The molecule has 2 heterocycles. The number of nitrogens with one attached hydrogen (secondary N) is 1. The maximum Gasteiger partial charge on any atom is 0.343 e. The summed E-state index contributed by atoms with van der Waals surface area (Å²) >= 11 is 0. The molecule has 1 aliphatic rings. The molecule has 0 saturated carbocycles. The van der Waals surface area contributed by atoms with Crippen LogP contribution in [0.15, 0.2) is 6.20 Å². The third-order valence-electron chi connectivity index (χ3n) is 2.98. The predicted molar refractivity (Wildman–Crippen MR) is 67.0 cm³/mol. The predicted octanol–water partition coefficient (Wildman–Crippen LogP) is 0.135. The molecule has 0 radical (unpaired) electrons. The molecule has 1 aromatic rings. The molecule has 1 aromatic heterocycles. The summed E-state index contributed by atoms with van der Waals surface area (Å²) in [4.78, 5) is 19.7. The van der Waals surface area contributed by atoms with E-state index in [2.05, 4.69) is 20.0 Å². The second-order valence-electron chi connectivity index (χ2n) is 4.55. The van der Waals surface area contributed by atoms with Gasteiger partial charge >= 0.3 is 5.97 Å². The third kappa shape index (κ3) is 3.18. The number of nitrogens with zero attached hydrogens (tertiary/aromatic N) is 2. The van der Waals surface area contributed by atoms with E-state index in [1.165, 1.54) is 13.3 Å². The van der Waals surface area contributed by atoms with Crippen LogP contribution in [-0.4, -0.2) is 53.5 Å². The van der Waals surface area contributed by atoms with Gasteiger partial charge in [0.15, 0.2) is 0 Å². The molecule has 0 bridgehead atoms. The highest BCUT2D eigenvalue weighted by atomic mass is 16.5. The summed E-state index contributed by atoms with van der Waals surface area (Å²) in [5.74, 6) is 0.377. The molecule has 1 fully saturated rings. The molecular weight excluding hydrogens is 250 g/mol. The lowest BCUT2D eigenvalue weighted by atomic mass is 10.0. The Morgan fingerprint density at radius 3 is 3.11 bits per heavy atom. The molecule has 2 rings (SSSR count). The smallest absolute Gasteiger partial charge is 0.343 e. The Bertz CT molecular complexity index is 472. The van der Waals surface area contributed by atoms with E-state index >= 15 is 0 Å². The van der Waals surface area contributed by atoms with Crippen LogP contribution in [0.4, 0.5) is 5.82 Å². The van der Waals surface area contributed by atoms with E-state index in [1.54, 1.807) is 6.92 Å². The minimum absolute atomic E-state index is 0.246. The highest BCUT2D eigenvalue weighted by Crippen LogP contribution is 2.20. The number of hydrogen-bond donors (Lipinski definition) is 2. The first-order valence-corrected chi connectivity index (χ1v) is 6.00. The van der Waals surface area contributed by atoms with E-state index in [4.69, 9.17) is 4.74 Å². The van der Waals surface area contributed by atoms with Gasteiger partial charge in [0, 0.05) is 25.8 Å². The SMILES string of the molecule is COC(=O)c1cnc(C)nc1NCC1(O)CCOC1. The summed E-state index contributed by atoms with van der Waals surface area (Å²) in [6.07, 6.45) is 1.96. The van der Waals surface area contributed by atoms with Crippen molar-refractivity contribution in [1.82, 2.24) is 9.97 Å². The van der Waals surface area contributed by atoms with Crippen LogP contribution in [0, 0.1) is 6.92 Å². The standard InChI is InChI=1S/C12H17N3O4/c1-8-13-5-9(11(16)18-2)10(15-8)14-6-12(17)3-4-19-7-12/h5,17H,3-4,6-7H2,1-2H3,(H,13,14,15). The van der Waals surface area contributed by atoms with E-state index in [0.29, 0.717) is 24.7 Å².